The first-order valence-corrected chi connectivity index (χ1v) is 8.91. The van der Waals surface area contributed by atoms with Gasteiger partial charge in [0.05, 0.1) is 11.4 Å². The van der Waals surface area contributed by atoms with Crippen LogP contribution in [0.25, 0.3) is 0 Å². The summed E-state index contributed by atoms with van der Waals surface area (Å²) in [6.45, 7) is 1.62. The number of amides is 1. The Hall–Kier alpha value is -1.89. The number of benzene rings is 2. The largest absolute Gasteiger partial charge is 0.325 e. The molecule has 0 fully saturated rings. The van der Waals surface area contributed by atoms with Gasteiger partial charge in [0.15, 0.2) is 0 Å². The van der Waals surface area contributed by atoms with Crippen molar-refractivity contribution in [3.05, 3.63) is 59.1 Å². The third kappa shape index (κ3) is 4.79. The van der Waals surface area contributed by atoms with E-state index in [0.29, 0.717) is 10.7 Å². The van der Waals surface area contributed by atoms with Gasteiger partial charge in [0.2, 0.25) is 15.9 Å². The van der Waals surface area contributed by atoms with E-state index < -0.39 is 15.9 Å². The van der Waals surface area contributed by atoms with Crippen molar-refractivity contribution in [2.24, 2.45) is 0 Å². The molecule has 5 nitrogen and oxygen atoms in total. The lowest BCUT2D eigenvalue weighted by atomic mass is 10.1. The van der Waals surface area contributed by atoms with Gasteiger partial charge in [-0.1, -0.05) is 42.8 Å². The molecular formula is C16H17ClN2O3S. The molecule has 1 amide bonds. The summed E-state index contributed by atoms with van der Waals surface area (Å²) in [5.74, 6) is -0.434. The molecule has 0 aromatic heterocycles. The van der Waals surface area contributed by atoms with Crippen LogP contribution in [0.5, 0.6) is 0 Å². The van der Waals surface area contributed by atoms with Crippen LogP contribution in [0.1, 0.15) is 12.5 Å². The first-order chi connectivity index (χ1) is 10.9. The smallest absolute Gasteiger partial charge is 0.241 e. The Morgan fingerprint density at radius 3 is 2.57 bits per heavy atom. The number of sulfonamides is 1. The molecule has 0 bridgehead atoms. The van der Waals surface area contributed by atoms with Crippen molar-refractivity contribution in [1.29, 1.82) is 0 Å². The zero-order valence-corrected chi connectivity index (χ0v) is 14.1. The normalized spacial score (nSPS) is 11.2. The molecule has 0 spiro atoms. The Morgan fingerprint density at radius 2 is 1.87 bits per heavy atom. The van der Waals surface area contributed by atoms with E-state index in [1.807, 2.05) is 25.1 Å². The Balaban J connectivity index is 2.01. The van der Waals surface area contributed by atoms with Gasteiger partial charge in [0.25, 0.3) is 0 Å². The lowest BCUT2D eigenvalue weighted by Gasteiger charge is -2.10. The number of hydrogen-bond donors (Lipinski definition) is 2. The van der Waals surface area contributed by atoms with E-state index in [4.69, 9.17) is 11.6 Å². The van der Waals surface area contributed by atoms with Gasteiger partial charge in [0, 0.05) is 10.7 Å². The Kier molecular flexibility index (Phi) is 5.76. The molecule has 0 aliphatic heterocycles. The highest BCUT2D eigenvalue weighted by Gasteiger charge is 2.16. The predicted octanol–water partition coefficient (Wildman–Crippen LogP) is 2.82. The molecule has 7 heteroatoms. The number of anilines is 1. The van der Waals surface area contributed by atoms with Gasteiger partial charge >= 0.3 is 0 Å². The van der Waals surface area contributed by atoms with Crippen LogP contribution in [-0.2, 0) is 21.2 Å². The van der Waals surface area contributed by atoms with Crippen LogP contribution < -0.4 is 10.0 Å². The third-order valence-corrected chi connectivity index (χ3v) is 4.84. The number of para-hydroxylation sites is 1. The highest BCUT2D eigenvalue weighted by atomic mass is 35.5. The van der Waals surface area contributed by atoms with Gasteiger partial charge in [-0.15, -0.1) is 0 Å². The molecule has 0 saturated carbocycles. The van der Waals surface area contributed by atoms with Gasteiger partial charge < -0.3 is 5.32 Å². The average molecular weight is 353 g/mol. The average Bonchev–Trinajstić information content (AvgIpc) is 2.53. The minimum atomic E-state index is -3.78. The van der Waals surface area contributed by atoms with Crippen LogP contribution >= 0.6 is 11.6 Å². The minimum absolute atomic E-state index is 0.0201. The monoisotopic (exact) mass is 352 g/mol. The summed E-state index contributed by atoms with van der Waals surface area (Å²) < 4.78 is 26.5. The SMILES string of the molecule is CCc1ccccc1NC(=O)CNS(=O)(=O)c1cccc(Cl)c1. The molecule has 2 N–H and O–H groups in total. The molecule has 2 rings (SSSR count). The highest BCUT2D eigenvalue weighted by Crippen LogP contribution is 2.16. The van der Waals surface area contributed by atoms with Crippen LogP contribution in [0.15, 0.2) is 53.4 Å². The maximum atomic E-state index is 12.1. The summed E-state index contributed by atoms with van der Waals surface area (Å²) in [5, 5.41) is 3.02. The maximum absolute atomic E-state index is 12.1. The van der Waals surface area contributed by atoms with Crippen molar-refractivity contribution in [2.75, 3.05) is 11.9 Å². The molecule has 0 aliphatic rings. The summed E-state index contributed by atoms with van der Waals surface area (Å²) in [4.78, 5) is 12.0. The van der Waals surface area contributed by atoms with Crippen molar-refractivity contribution in [2.45, 2.75) is 18.2 Å². The van der Waals surface area contributed by atoms with Gasteiger partial charge in [-0.25, -0.2) is 13.1 Å². The molecule has 2 aromatic carbocycles. The molecular weight excluding hydrogens is 336 g/mol. The standard InChI is InChI=1S/C16H17ClN2O3S/c1-2-12-6-3-4-9-15(12)19-16(20)11-18-23(21,22)14-8-5-7-13(17)10-14/h3-10,18H,2,11H2,1H3,(H,19,20). The quantitative estimate of drug-likeness (QED) is 0.839. The number of halogens is 1. The van der Waals surface area contributed by atoms with Crippen LogP contribution in [0.4, 0.5) is 5.69 Å². The summed E-state index contributed by atoms with van der Waals surface area (Å²) >= 11 is 5.78. The number of hydrogen-bond acceptors (Lipinski definition) is 3. The second kappa shape index (κ2) is 7.59. The van der Waals surface area contributed by atoms with Crippen molar-refractivity contribution in [3.8, 4) is 0 Å². The Bertz CT molecular complexity index is 806. The van der Waals surface area contributed by atoms with E-state index in [1.54, 1.807) is 12.1 Å². The number of nitrogens with one attached hydrogen (secondary N) is 2. The predicted molar refractivity (Wildman–Crippen MR) is 91.1 cm³/mol. The Morgan fingerprint density at radius 1 is 1.13 bits per heavy atom. The van der Waals surface area contributed by atoms with Crippen molar-refractivity contribution >= 4 is 33.2 Å². The number of carbonyl (C=O) groups excluding carboxylic acids is 1. The van der Waals surface area contributed by atoms with E-state index >= 15 is 0 Å². The maximum Gasteiger partial charge on any atom is 0.241 e. The van der Waals surface area contributed by atoms with E-state index in [1.165, 1.54) is 18.2 Å². The van der Waals surface area contributed by atoms with Crippen LogP contribution in [0, 0.1) is 0 Å². The summed E-state index contributed by atoms with van der Waals surface area (Å²) in [5.41, 5.74) is 1.67. The van der Waals surface area contributed by atoms with Gasteiger partial charge in [-0.2, -0.15) is 0 Å². The number of rotatable bonds is 6. The van der Waals surface area contributed by atoms with Gasteiger partial charge in [0.1, 0.15) is 0 Å². The van der Waals surface area contributed by atoms with Crippen molar-refractivity contribution in [3.63, 3.8) is 0 Å². The molecule has 0 unspecified atom stereocenters. The number of aryl methyl sites for hydroxylation is 1. The van der Waals surface area contributed by atoms with Crippen molar-refractivity contribution < 1.29 is 13.2 Å². The lowest BCUT2D eigenvalue weighted by molar-refractivity contribution is -0.115. The first-order valence-electron chi connectivity index (χ1n) is 7.05. The summed E-state index contributed by atoms with van der Waals surface area (Å²) in [6, 6.07) is 13.2. The molecule has 2 aromatic rings. The third-order valence-electron chi connectivity index (χ3n) is 3.20. The van der Waals surface area contributed by atoms with Gasteiger partial charge in [-0.05, 0) is 36.2 Å². The molecule has 23 heavy (non-hydrogen) atoms. The van der Waals surface area contributed by atoms with Gasteiger partial charge in [-0.3, -0.25) is 4.79 Å². The summed E-state index contributed by atoms with van der Waals surface area (Å²) in [7, 11) is -3.78. The fourth-order valence-corrected chi connectivity index (χ4v) is 3.31. The molecule has 0 saturated heterocycles. The fraction of sp³-hybridized carbons (Fsp3) is 0.188. The molecule has 0 atom stereocenters. The van der Waals surface area contributed by atoms with E-state index in [-0.39, 0.29) is 11.4 Å². The second-order valence-corrected chi connectivity index (χ2v) is 7.04. The Labute approximate surface area is 140 Å². The molecule has 0 radical (unpaired) electrons. The van der Waals surface area contributed by atoms with Crippen LogP contribution in [-0.4, -0.2) is 20.9 Å². The second-order valence-electron chi connectivity index (χ2n) is 4.84. The molecule has 122 valence electrons. The van der Waals surface area contributed by atoms with Crippen LogP contribution in [0.2, 0.25) is 5.02 Å². The van der Waals surface area contributed by atoms with E-state index in [9.17, 15) is 13.2 Å². The number of carbonyl (C=O) groups is 1. The van der Waals surface area contributed by atoms with Crippen molar-refractivity contribution in [1.82, 2.24) is 4.72 Å². The first kappa shape index (κ1) is 17.5. The fourth-order valence-electron chi connectivity index (χ4n) is 2.02. The zero-order valence-electron chi connectivity index (χ0n) is 12.5. The van der Waals surface area contributed by atoms with Crippen LogP contribution in [0.3, 0.4) is 0 Å². The van der Waals surface area contributed by atoms with E-state index in [2.05, 4.69) is 10.0 Å². The highest BCUT2D eigenvalue weighted by molar-refractivity contribution is 7.89. The topological polar surface area (TPSA) is 75.3 Å². The molecule has 0 aliphatic carbocycles. The molecule has 0 heterocycles. The van der Waals surface area contributed by atoms with E-state index in [0.717, 1.165) is 12.0 Å². The minimum Gasteiger partial charge on any atom is -0.325 e. The zero-order chi connectivity index (χ0) is 16.9. The lowest BCUT2D eigenvalue weighted by Crippen LogP contribution is -2.33. The summed E-state index contributed by atoms with van der Waals surface area (Å²) in [6.07, 6.45) is 0.769.